The fourth-order valence-electron chi connectivity index (χ4n) is 3.47. The Balaban J connectivity index is 1.48. The summed E-state index contributed by atoms with van der Waals surface area (Å²) < 4.78 is 0. The molecule has 32 heavy (non-hydrogen) atoms. The number of thioether (sulfide) groups is 2. The van der Waals surface area contributed by atoms with Gasteiger partial charge < -0.3 is 21.3 Å². The van der Waals surface area contributed by atoms with Gasteiger partial charge in [0.2, 0.25) is 11.1 Å². The lowest BCUT2D eigenvalue weighted by Gasteiger charge is -2.50. The molecular weight excluding hydrogens is 458 g/mol. The number of nitrogens with two attached hydrogens (primary N) is 1. The molecule has 1 aromatic heterocycles. The highest BCUT2D eigenvalue weighted by Gasteiger charge is 2.54. The zero-order valence-electron chi connectivity index (χ0n) is 16.6. The van der Waals surface area contributed by atoms with E-state index in [0.29, 0.717) is 22.0 Å². The monoisotopic (exact) mass is 477 g/mol. The zero-order valence-corrected chi connectivity index (χ0v) is 18.3. The molecule has 4 unspecified atom stereocenters. The Morgan fingerprint density at radius 3 is 2.72 bits per heavy atom. The van der Waals surface area contributed by atoms with Crippen molar-refractivity contribution < 1.29 is 24.6 Å². The number of benzene rings is 1. The van der Waals surface area contributed by atoms with Gasteiger partial charge in [-0.2, -0.15) is 0 Å². The largest absolute Gasteiger partial charge is 0.508 e. The first-order chi connectivity index (χ1) is 15.3. The van der Waals surface area contributed by atoms with Gasteiger partial charge in [-0.05, 0) is 40.6 Å². The van der Waals surface area contributed by atoms with Crippen molar-refractivity contribution in [2.24, 2.45) is 5.73 Å². The normalized spacial score (nSPS) is 22.1. The van der Waals surface area contributed by atoms with Crippen LogP contribution in [-0.2, 0) is 14.4 Å². The number of aromatic nitrogens is 4. The number of fused-ring (bicyclic) bond motifs is 1. The summed E-state index contributed by atoms with van der Waals surface area (Å²) in [5, 5.41) is 34.8. The molecule has 12 nitrogen and oxygen atoms in total. The topological polar surface area (TPSA) is 187 Å². The Morgan fingerprint density at radius 2 is 2.09 bits per heavy atom. The number of aromatic amines is 1. The summed E-state index contributed by atoms with van der Waals surface area (Å²) in [6.45, 7) is 1.81. The molecule has 4 atom stereocenters. The first-order valence-electron chi connectivity index (χ1n) is 9.44. The molecule has 1 saturated heterocycles. The summed E-state index contributed by atoms with van der Waals surface area (Å²) in [7, 11) is 0. The summed E-state index contributed by atoms with van der Waals surface area (Å²) in [4.78, 5) is 38.6. The fourth-order valence-corrected chi connectivity index (χ4v) is 5.90. The second kappa shape index (κ2) is 8.80. The molecule has 2 aliphatic rings. The van der Waals surface area contributed by atoms with Crippen LogP contribution in [0.5, 0.6) is 5.75 Å². The molecule has 168 valence electrons. The van der Waals surface area contributed by atoms with Gasteiger partial charge in [-0.25, -0.2) is 9.89 Å². The summed E-state index contributed by atoms with van der Waals surface area (Å²) >= 11 is 2.62. The Hall–Kier alpha value is -3.10. The first-order valence-corrected chi connectivity index (χ1v) is 11.4. The molecule has 14 heteroatoms. The van der Waals surface area contributed by atoms with Gasteiger partial charge in [0.05, 0.1) is 0 Å². The molecule has 0 radical (unpaired) electrons. The number of carbonyl (C=O) groups excluding carboxylic acids is 2. The van der Waals surface area contributed by atoms with Gasteiger partial charge in [0.1, 0.15) is 28.9 Å². The summed E-state index contributed by atoms with van der Waals surface area (Å²) in [5.41, 5.74) is 6.94. The number of phenolic OH excluding ortho intramolecular Hbond substituents is 1. The number of tetrazole rings is 1. The quantitative estimate of drug-likeness (QED) is 0.263. The number of aromatic hydroxyl groups is 1. The number of β-lactam (4-membered cyclic amide) rings is 1. The van der Waals surface area contributed by atoms with E-state index in [4.69, 9.17) is 5.73 Å². The number of hydrogen-bond donors (Lipinski definition) is 5. The number of hydrogen-bond acceptors (Lipinski definition) is 10. The Morgan fingerprint density at radius 1 is 1.38 bits per heavy atom. The molecular formula is C18H19N7O5S2. The highest BCUT2D eigenvalue weighted by molar-refractivity contribution is 8.01. The molecule has 3 heterocycles. The standard InChI is InChI=1S/C18H19N7O5S2/c1-7(32-18-21-23-24-22-18)10-6-31-16-12(15(28)25(16)13(10)17(29)30)20-14(27)11(19)8-2-4-9(26)5-3-8/h2-5,7,11-12,16,26H,6,19H2,1H3,(H,20,27)(H,29,30)(H,21,22,23,24). The number of nitrogens with zero attached hydrogens (tertiary/aromatic N) is 4. The molecule has 1 aromatic carbocycles. The van der Waals surface area contributed by atoms with Crippen LogP contribution in [0.1, 0.15) is 18.5 Å². The first kappa shape index (κ1) is 22.1. The maximum Gasteiger partial charge on any atom is 0.352 e. The van der Waals surface area contributed by atoms with Crippen molar-refractivity contribution in [3.05, 3.63) is 41.1 Å². The number of rotatable bonds is 7. The SMILES string of the molecule is CC(Sc1nnn[nH]1)C1=C(C(=O)O)N2C(=O)C(NC(=O)C(N)c3ccc(O)cc3)C2SC1. The average molecular weight is 478 g/mol. The minimum Gasteiger partial charge on any atom is -0.508 e. The summed E-state index contributed by atoms with van der Waals surface area (Å²) in [6, 6.07) is 3.94. The van der Waals surface area contributed by atoms with Crippen molar-refractivity contribution in [2.45, 2.75) is 34.8 Å². The highest BCUT2D eigenvalue weighted by Crippen LogP contribution is 2.43. The third kappa shape index (κ3) is 4.03. The minimum atomic E-state index is -1.22. The van der Waals surface area contributed by atoms with Crippen LogP contribution in [0.3, 0.4) is 0 Å². The number of amides is 2. The summed E-state index contributed by atoms with van der Waals surface area (Å²) in [5.74, 6) is -1.89. The Kier molecular flexibility index (Phi) is 6.08. The zero-order chi connectivity index (χ0) is 23.0. The molecule has 0 saturated carbocycles. The third-order valence-corrected chi connectivity index (χ3v) is 7.47. The molecule has 0 bridgehead atoms. The average Bonchev–Trinajstić information content (AvgIpc) is 3.29. The number of carboxylic acids is 1. The van der Waals surface area contributed by atoms with E-state index in [1.165, 1.54) is 52.7 Å². The van der Waals surface area contributed by atoms with Gasteiger partial charge in [0.25, 0.3) is 5.91 Å². The second-order valence-corrected chi connectivity index (χ2v) is 9.55. The molecule has 0 aliphatic carbocycles. The van der Waals surface area contributed by atoms with Crippen molar-refractivity contribution in [1.82, 2.24) is 30.8 Å². The lowest BCUT2D eigenvalue weighted by molar-refractivity contribution is -0.150. The number of nitrogens with one attached hydrogen (secondary N) is 2. The maximum absolute atomic E-state index is 12.8. The molecule has 2 aromatic rings. The van der Waals surface area contributed by atoms with Gasteiger partial charge in [0.15, 0.2) is 0 Å². The van der Waals surface area contributed by atoms with Crippen LogP contribution in [0.2, 0.25) is 0 Å². The number of aliphatic carboxylic acids is 1. The van der Waals surface area contributed by atoms with Crippen LogP contribution in [-0.4, -0.2) is 75.9 Å². The molecule has 2 amide bonds. The second-order valence-electron chi connectivity index (χ2n) is 7.11. The minimum absolute atomic E-state index is 0.0422. The van der Waals surface area contributed by atoms with Crippen molar-refractivity contribution in [3.63, 3.8) is 0 Å². The maximum atomic E-state index is 12.8. The number of carboxylic acid groups (broad SMARTS) is 1. The van der Waals surface area contributed by atoms with Gasteiger partial charge in [-0.15, -0.1) is 16.9 Å². The van der Waals surface area contributed by atoms with E-state index in [1.54, 1.807) is 0 Å². The smallest absolute Gasteiger partial charge is 0.352 e. The third-order valence-electron chi connectivity index (χ3n) is 5.14. The van der Waals surface area contributed by atoms with Gasteiger partial charge in [-0.1, -0.05) is 23.9 Å². The van der Waals surface area contributed by atoms with Crippen LogP contribution >= 0.6 is 23.5 Å². The number of H-pyrrole nitrogens is 1. The molecule has 0 spiro atoms. The van der Waals surface area contributed by atoms with E-state index in [-0.39, 0.29) is 16.7 Å². The van der Waals surface area contributed by atoms with Crippen LogP contribution in [0.4, 0.5) is 0 Å². The van der Waals surface area contributed by atoms with E-state index in [0.717, 1.165) is 0 Å². The predicted molar refractivity (Wildman–Crippen MR) is 114 cm³/mol. The van der Waals surface area contributed by atoms with E-state index in [2.05, 4.69) is 25.9 Å². The van der Waals surface area contributed by atoms with Gasteiger partial charge in [0, 0.05) is 11.0 Å². The molecule has 2 aliphatic heterocycles. The van der Waals surface area contributed by atoms with Crippen LogP contribution in [0, 0.1) is 0 Å². The van der Waals surface area contributed by atoms with Crippen molar-refractivity contribution in [3.8, 4) is 5.75 Å². The fraction of sp³-hybridized carbons (Fsp3) is 0.333. The number of carbonyl (C=O) groups is 3. The highest BCUT2D eigenvalue weighted by atomic mass is 32.2. The van der Waals surface area contributed by atoms with Gasteiger partial charge in [-0.3, -0.25) is 14.5 Å². The van der Waals surface area contributed by atoms with E-state index >= 15 is 0 Å². The predicted octanol–water partition coefficient (Wildman–Crippen LogP) is -0.175. The van der Waals surface area contributed by atoms with E-state index in [9.17, 15) is 24.6 Å². The van der Waals surface area contributed by atoms with Crippen molar-refractivity contribution >= 4 is 41.3 Å². The van der Waals surface area contributed by atoms with Crippen molar-refractivity contribution in [2.75, 3.05) is 5.75 Å². The van der Waals surface area contributed by atoms with Crippen LogP contribution in [0.25, 0.3) is 0 Å². The van der Waals surface area contributed by atoms with Crippen LogP contribution in [0.15, 0.2) is 40.7 Å². The van der Waals surface area contributed by atoms with Crippen LogP contribution < -0.4 is 11.1 Å². The molecule has 4 rings (SSSR count). The summed E-state index contributed by atoms with van der Waals surface area (Å²) in [6.07, 6.45) is 0. The Bertz CT molecular complexity index is 1080. The van der Waals surface area contributed by atoms with Gasteiger partial charge >= 0.3 is 5.97 Å². The van der Waals surface area contributed by atoms with E-state index in [1.807, 2.05) is 6.92 Å². The lowest BCUT2D eigenvalue weighted by Crippen LogP contribution is -2.71. The molecule has 1 fully saturated rings. The lowest BCUT2D eigenvalue weighted by atomic mass is 10.0. The Labute approximate surface area is 190 Å². The molecule has 6 N–H and O–H groups in total. The number of phenols is 1. The van der Waals surface area contributed by atoms with Crippen molar-refractivity contribution in [1.29, 1.82) is 0 Å². The van der Waals surface area contributed by atoms with E-state index < -0.39 is 35.2 Å².